The van der Waals surface area contributed by atoms with E-state index in [1.165, 1.54) is 6.07 Å². The molecule has 1 saturated carbocycles. The first kappa shape index (κ1) is 19.0. The number of fused-ring (bicyclic) bond motifs is 1. The molecule has 5 rings (SSSR count). The SMILES string of the molecule is Oc1cc(C(F)(F)F)ccc1-c1nnc(N2CC[C@](O)(C3CC3)C2)c2ncccc12. The number of halogens is 3. The van der Waals surface area contributed by atoms with Gasteiger partial charge in [-0.05, 0) is 55.5 Å². The fourth-order valence-electron chi connectivity index (χ4n) is 4.25. The van der Waals surface area contributed by atoms with E-state index in [0.29, 0.717) is 48.2 Å². The van der Waals surface area contributed by atoms with E-state index < -0.39 is 23.1 Å². The lowest BCUT2D eigenvalue weighted by Crippen LogP contribution is -2.35. The number of phenolic OH excluding ortho intramolecular Hbond substituents is 1. The van der Waals surface area contributed by atoms with Crippen LogP contribution in [0.2, 0.25) is 0 Å². The first-order valence-electron chi connectivity index (χ1n) is 9.75. The largest absolute Gasteiger partial charge is 0.507 e. The molecule has 1 aliphatic carbocycles. The zero-order valence-corrected chi connectivity index (χ0v) is 15.9. The van der Waals surface area contributed by atoms with E-state index in [9.17, 15) is 23.4 Å². The Morgan fingerprint density at radius 3 is 2.63 bits per heavy atom. The molecular weight excluding hydrogens is 397 g/mol. The summed E-state index contributed by atoms with van der Waals surface area (Å²) in [4.78, 5) is 6.37. The number of rotatable bonds is 3. The number of benzene rings is 1. The van der Waals surface area contributed by atoms with Gasteiger partial charge in [0.15, 0.2) is 5.82 Å². The second kappa shape index (κ2) is 6.53. The molecule has 0 bridgehead atoms. The van der Waals surface area contributed by atoms with Crippen LogP contribution in [0.25, 0.3) is 22.2 Å². The van der Waals surface area contributed by atoms with Crippen LogP contribution >= 0.6 is 0 Å². The molecule has 1 saturated heterocycles. The van der Waals surface area contributed by atoms with Crippen LogP contribution < -0.4 is 4.90 Å². The molecular formula is C21H19F3N4O2. The summed E-state index contributed by atoms with van der Waals surface area (Å²) < 4.78 is 38.8. The molecule has 6 nitrogen and oxygen atoms in total. The average molecular weight is 416 g/mol. The van der Waals surface area contributed by atoms with Gasteiger partial charge in [-0.15, -0.1) is 10.2 Å². The molecule has 0 unspecified atom stereocenters. The van der Waals surface area contributed by atoms with Crippen LogP contribution in [0.3, 0.4) is 0 Å². The van der Waals surface area contributed by atoms with E-state index in [1.54, 1.807) is 18.3 Å². The van der Waals surface area contributed by atoms with Crippen LogP contribution in [-0.2, 0) is 6.18 Å². The highest BCUT2D eigenvalue weighted by Crippen LogP contribution is 2.46. The van der Waals surface area contributed by atoms with Crippen LogP contribution in [0.1, 0.15) is 24.8 Å². The zero-order chi connectivity index (χ0) is 21.1. The van der Waals surface area contributed by atoms with E-state index in [4.69, 9.17) is 0 Å². The summed E-state index contributed by atoms with van der Waals surface area (Å²) in [7, 11) is 0. The van der Waals surface area contributed by atoms with Crippen LogP contribution in [0.15, 0.2) is 36.5 Å². The fraction of sp³-hybridized carbons (Fsp3) is 0.381. The topological polar surface area (TPSA) is 82.4 Å². The Hall–Kier alpha value is -2.94. The predicted molar refractivity (Wildman–Crippen MR) is 104 cm³/mol. The van der Waals surface area contributed by atoms with E-state index in [-0.39, 0.29) is 11.3 Å². The Balaban J connectivity index is 1.57. The van der Waals surface area contributed by atoms with E-state index in [0.717, 1.165) is 18.9 Å². The molecule has 2 aromatic heterocycles. The first-order valence-corrected chi connectivity index (χ1v) is 9.75. The number of pyridine rings is 1. The molecule has 2 fully saturated rings. The van der Waals surface area contributed by atoms with Crippen molar-refractivity contribution in [3.05, 3.63) is 42.1 Å². The molecule has 1 aromatic carbocycles. The van der Waals surface area contributed by atoms with Gasteiger partial charge in [-0.25, -0.2) is 0 Å². The molecule has 156 valence electrons. The number of hydrogen-bond acceptors (Lipinski definition) is 6. The lowest BCUT2D eigenvalue weighted by Gasteiger charge is -2.24. The second-order valence-electron chi connectivity index (χ2n) is 8.05. The molecule has 9 heteroatoms. The van der Waals surface area contributed by atoms with Crippen LogP contribution in [0.5, 0.6) is 5.75 Å². The quantitative estimate of drug-likeness (QED) is 0.677. The van der Waals surface area contributed by atoms with E-state index >= 15 is 0 Å². The lowest BCUT2D eigenvalue weighted by molar-refractivity contribution is -0.137. The number of aromatic nitrogens is 3. The van der Waals surface area contributed by atoms with Crippen molar-refractivity contribution in [1.29, 1.82) is 0 Å². The Bertz CT molecular complexity index is 1130. The average Bonchev–Trinajstić information content (AvgIpc) is 3.50. The van der Waals surface area contributed by atoms with Crippen LogP contribution in [-0.4, -0.2) is 44.1 Å². The highest BCUT2D eigenvalue weighted by atomic mass is 19.4. The molecule has 2 N–H and O–H groups in total. The maximum absolute atomic E-state index is 12.9. The summed E-state index contributed by atoms with van der Waals surface area (Å²) in [6, 6.07) is 6.22. The summed E-state index contributed by atoms with van der Waals surface area (Å²) >= 11 is 0. The van der Waals surface area contributed by atoms with Crippen molar-refractivity contribution in [2.75, 3.05) is 18.0 Å². The van der Waals surface area contributed by atoms with Gasteiger partial charge in [-0.1, -0.05) is 0 Å². The summed E-state index contributed by atoms with van der Waals surface area (Å²) in [5.74, 6) is 0.316. The van der Waals surface area contributed by atoms with Crippen molar-refractivity contribution in [2.45, 2.75) is 31.0 Å². The summed E-state index contributed by atoms with van der Waals surface area (Å²) in [5, 5.41) is 30.2. The monoisotopic (exact) mass is 416 g/mol. The van der Waals surface area contributed by atoms with E-state index in [1.807, 2.05) is 4.90 Å². The smallest absolute Gasteiger partial charge is 0.416 e. The van der Waals surface area contributed by atoms with Gasteiger partial charge in [-0.2, -0.15) is 13.2 Å². The molecule has 2 aliphatic rings. The van der Waals surface area contributed by atoms with Gasteiger partial charge in [0.25, 0.3) is 0 Å². The minimum absolute atomic E-state index is 0.149. The summed E-state index contributed by atoms with van der Waals surface area (Å²) in [6.07, 6.45) is -0.242. The number of phenols is 1. The Morgan fingerprint density at radius 2 is 1.93 bits per heavy atom. The van der Waals surface area contributed by atoms with Crippen molar-refractivity contribution in [3.63, 3.8) is 0 Å². The fourth-order valence-corrected chi connectivity index (χ4v) is 4.25. The molecule has 3 aromatic rings. The molecule has 3 heterocycles. The van der Waals surface area contributed by atoms with Gasteiger partial charge in [0.05, 0.1) is 11.2 Å². The highest BCUT2D eigenvalue weighted by Gasteiger charge is 2.48. The second-order valence-corrected chi connectivity index (χ2v) is 8.05. The van der Waals surface area contributed by atoms with Gasteiger partial charge in [-0.3, -0.25) is 4.98 Å². The first-order chi connectivity index (χ1) is 14.3. The van der Waals surface area contributed by atoms with Gasteiger partial charge in [0, 0.05) is 30.2 Å². The van der Waals surface area contributed by atoms with Crippen molar-refractivity contribution in [2.24, 2.45) is 5.92 Å². The number of aromatic hydroxyl groups is 1. The molecule has 0 amide bonds. The molecule has 0 radical (unpaired) electrons. The summed E-state index contributed by atoms with van der Waals surface area (Å²) in [5.41, 5.74) is -0.734. The number of aliphatic hydroxyl groups is 1. The Morgan fingerprint density at radius 1 is 1.13 bits per heavy atom. The predicted octanol–water partition coefficient (Wildman–Crippen LogP) is 3.77. The Kier molecular flexibility index (Phi) is 4.15. The number of nitrogens with zero attached hydrogens (tertiary/aromatic N) is 4. The number of alkyl halides is 3. The van der Waals surface area contributed by atoms with Gasteiger partial charge in [0.2, 0.25) is 0 Å². The van der Waals surface area contributed by atoms with Gasteiger partial charge >= 0.3 is 6.18 Å². The third-order valence-corrected chi connectivity index (χ3v) is 6.02. The minimum Gasteiger partial charge on any atom is -0.507 e. The highest BCUT2D eigenvalue weighted by molar-refractivity contribution is 5.98. The molecule has 0 spiro atoms. The van der Waals surface area contributed by atoms with Crippen LogP contribution in [0, 0.1) is 5.92 Å². The van der Waals surface area contributed by atoms with Crippen molar-refractivity contribution < 1.29 is 23.4 Å². The summed E-state index contributed by atoms with van der Waals surface area (Å²) in [6.45, 7) is 1.07. The molecule has 30 heavy (non-hydrogen) atoms. The molecule has 1 aliphatic heterocycles. The maximum Gasteiger partial charge on any atom is 0.416 e. The maximum atomic E-state index is 12.9. The third-order valence-electron chi connectivity index (χ3n) is 6.02. The van der Waals surface area contributed by atoms with E-state index in [2.05, 4.69) is 15.2 Å². The van der Waals surface area contributed by atoms with Crippen molar-refractivity contribution >= 4 is 16.7 Å². The Labute approximate surface area is 170 Å². The standard InChI is InChI=1S/C21H19F3N4O2/c22-21(23,24)13-5-6-14(16(29)10-13)17-15-2-1-8-25-18(15)19(27-26-17)28-9-7-20(30,11-28)12-3-4-12/h1-2,5-6,8,10,12,29-30H,3-4,7,9,11H2/t20-/m1/s1. The lowest BCUT2D eigenvalue weighted by atomic mass is 9.97. The van der Waals surface area contributed by atoms with Gasteiger partial charge in [0.1, 0.15) is 17.0 Å². The van der Waals surface area contributed by atoms with Crippen LogP contribution in [0.4, 0.5) is 19.0 Å². The number of anilines is 1. The van der Waals surface area contributed by atoms with Crippen molar-refractivity contribution in [1.82, 2.24) is 15.2 Å². The third kappa shape index (κ3) is 3.13. The van der Waals surface area contributed by atoms with Crippen molar-refractivity contribution in [3.8, 4) is 17.0 Å². The molecule has 1 atom stereocenters. The normalized spacial score (nSPS) is 22.1. The van der Waals surface area contributed by atoms with Gasteiger partial charge < -0.3 is 15.1 Å². The zero-order valence-electron chi connectivity index (χ0n) is 15.9. The minimum atomic E-state index is -4.55. The number of hydrogen-bond donors (Lipinski definition) is 2. The number of β-amino-alcohol motifs (C(OH)–C–C–N with tert-alkyl or cyclic N) is 1.